The summed E-state index contributed by atoms with van der Waals surface area (Å²) in [6.45, 7) is 11.0. The highest BCUT2D eigenvalue weighted by Crippen LogP contribution is 2.32. The predicted molar refractivity (Wildman–Crippen MR) is 83.8 cm³/mol. The van der Waals surface area contributed by atoms with Crippen LogP contribution in [-0.4, -0.2) is 31.8 Å². The average Bonchev–Trinajstić information content (AvgIpc) is 2.37. The van der Waals surface area contributed by atoms with Crippen LogP contribution in [0.3, 0.4) is 0 Å². The second kappa shape index (κ2) is 6.25. The Morgan fingerprint density at radius 3 is 2.89 bits per heavy atom. The molecule has 0 saturated carbocycles. The molecule has 1 aliphatic rings. The number of rotatable bonds is 4. The Morgan fingerprint density at radius 1 is 1.42 bits per heavy atom. The number of benzene rings is 1. The SMILES string of the molecule is CCNCc1ccc(Br)cc1N1CCOCC1(C)C. The van der Waals surface area contributed by atoms with E-state index in [1.54, 1.807) is 0 Å². The summed E-state index contributed by atoms with van der Waals surface area (Å²) in [5.74, 6) is 0. The summed E-state index contributed by atoms with van der Waals surface area (Å²) in [7, 11) is 0. The van der Waals surface area contributed by atoms with Crippen molar-refractivity contribution in [3.8, 4) is 0 Å². The van der Waals surface area contributed by atoms with E-state index in [1.807, 2.05) is 0 Å². The number of anilines is 1. The van der Waals surface area contributed by atoms with Gasteiger partial charge in [-0.15, -0.1) is 0 Å². The van der Waals surface area contributed by atoms with E-state index >= 15 is 0 Å². The normalized spacial score (nSPS) is 18.6. The van der Waals surface area contributed by atoms with E-state index in [4.69, 9.17) is 4.74 Å². The number of hydrogen-bond acceptors (Lipinski definition) is 3. The monoisotopic (exact) mass is 326 g/mol. The lowest BCUT2D eigenvalue weighted by Gasteiger charge is -2.44. The van der Waals surface area contributed by atoms with E-state index in [1.165, 1.54) is 11.3 Å². The maximum Gasteiger partial charge on any atom is 0.0694 e. The third kappa shape index (κ3) is 3.50. The minimum absolute atomic E-state index is 0.0417. The Labute approximate surface area is 124 Å². The van der Waals surface area contributed by atoms with Crippen LogP contribution in [-0.2, 0) is 11.3 Å². The van der Waals surface area contributed by atoms with Crippen molar-refractivity contribution in [2.75, 3.05) is 31.2 Å². The van der Waals surface area contributed by atoms with Crippen molar-refractivity contribution < 1.29 is 4.74 Å². The zero-order valence-corrected chi connectivity index (χ0v) is 13.6. The number of ether oxygens (including phenoxy) is 1. The van der Waals surface area contributed by atoms with Crippen molar-refractivity contribution >= 4 is 21.6 Å². The molecule has 19 heavy (non-hydrogen) atoms. The first-order valence-electron chi connectivity index (χ1n) is 6.89. The van der Waals surface area contributed by atoms with Gasteiger partial charge >= 0.3 is 0 Å². The van der Waals surface area contributed by atoms with E-state index in [2.05, 4.69) is 65.1 Å². The highest BCUT2D eigenvalue weighted by Gasteiger charge is 2.31. The van der Waals surface area contributed by atoms with Gasteiger partial charge in [0.1, 0.15) is 0 Å². The topological polar surface area (TPSA) is 24.5 Å². The average molecular weight is 327 g/mol. The number of halogens is 1. The van der Waals surface area contributed by atoms with Gasteiger partial charge < -0.3 is 15.0 Å². The smallest absolute Gasteiger partial charge is 0.0694 e. The Balaban J connectivity index is 2.32. The van der Waals surface area contributed by atoms with Crippen molar-refractivity contribution in [3.05, 3.63) is 28.2 Å². The third-order valence-corrected chi connectivity index (χ3v) is 4.04. The lowest BCUT2D eigenvalue weighted by Crippen LogP contribution is -2.53. The van der Waals surface area contributed by atoms with Crippen LogP contribution < -0.4 is 10.2 Å². The molecule has 1 N–H and O–H groups in total. The van der Waals surface area contributed by atoms with Gasteiger partial charge in [-0.3, -0.25) is 0 Å². The van der Waals surface area contributed by atoms with Gasteiger partial charge in [0.15, 0.2) is 0 Å². The second-order valence-electron chi connectivity index (χ2n) is 5.57. The summed E-state index contributed by atoms with van der Waals surface area (Å²) >= 11 is 3.59. The molecule has 0 aliphatic carbocycles. The highest BCUT2D eigenvalue weighted by atomic mass is 79.9. The van der Waals surface area contributed by atoms with Gasteiger partial charge in [-0.25, -0.2) is 0 Å². The molecule has 106 valence electrons. The van der Waals surface area contributed by atoms with Crippen molar-refractivity contribution in [1.29, 1.82) is 0 Å². The van der Waals surface area contributed by atoms with Gasteiger partial charge in [-0.1, -0.05) is 28.9 Å². The van der Waals surface area contributed by atoms with Gasteiger partial charge in [0.2, 0.25) is 0 Å². The Morgan fingerprint density at radius 2 is 2.21 bits per heavy atom. The van der Waals surface area contributed by atoms with Gasteiger partial charge in [-0.2, -0.15) is 0 Å². The Kier molecular flexibility index (Phi) is 4.87. The van der Waals surface area contributed by atoms with Crippen LogP contribution in [0, 0.1) is 0 Å². The Hall–Kier alpha value is -0.580. The standard InChI is InChI=1S/C15H23BrN2O/c1-4-17-10-12-5-6-13(16)9-14(12)18-7-8-19-11-15(18,2)3/h5-6,9,17H,4,7-8,10-11H2,1-3H3. The molecule has 0 unspecified atom stereocenters. The molecule has 0 aromatic heterocycles. The highest BCUT2D eigenvalue weighted by molar-refractivity contribution is 9.10. The van der Waals surface area contributed by atoms with Gasteiger partial charge in [0.05, 0.1) is 18.8 Å². The van der Waals surface area contributed by atoms with Gasteiger partial charge in [0, 0.05) is 23.2 Å². The van der Waals surface area contributed by atoms with Gasteiger partial charge in [0.25, 0.3) is 0 Å². The lowest BCUT2D eigenvalue weighted by atomic mass is 9.99. The van der Waals surface area contributed by atoms with Crippen molar-refractivity contribution in [2.45, 2.75) is 32.9 Å². The number of morpholine rings is 1. The van der Waals surface area contributed by atoms with E-state index in [0.717, 1.165) is 37.3 Å². The summed E-state index contributed by atoms with van der Waals surface area (Å²) in [6.07, 6.45) is 0. The zero-order valence-electron chi connectivity index (χ0n) is 12.0. The van der Waals surface area contributed by atoms with Crippen LogP contribution in [0.1, 0.15) is 26.3 Å². The molecule has 1 aliphatic heterocycles. The van der Waals surface area contributed by atoms with E-state index < -0.39 is 0 Å². The van der Waals surface area contributed by atoms with Crippen LogP contribution in [0.25, 0.3) is 0 Å². The molecule has 1 saturated heterocycles. The predicted octanol–water partition coefficient (Wildman–Crippen LogP) is 3.17. The summed E-state index contributed by atoms with van der Waals surface area (Å²) in [5.41, 5.74) is 2.70. The summed E-state index contributed by atoms with van der Waals surface area (Å²) in [4.78, 5) is 2.47. The minimum Gasteiger partial charge on any atom is -0.377 e. The fourth-order valence-corrected chi connectivity index (χ4v) is 2.85. The Bertz CT molecular complexity index is 434. The number of hydrogen-bond donors (Lipinski definition) is 1. The molecule has 0 amide bonds. The molecular weight excluding hydrogens is 304 g/mol. The number of nitrogens with zero attached hydrogens (tertiary/aromatic N) is 1. The van der Waals surface area contributed by atoms with E-state index in [9.17, 15) is 0 Å². The van der Waals surface area contributed by atoms with Crippen LogP contribution >= 0.6 is 15.9 Å². The van der Waals surface area contributed by atoms with Crippen LogP contribution in [0.15, 0.2) is 22.7 Å². The van der Waals surface area contributed by atoms with Gasteiger partial charge in [-0.05, 0) is 38.1 Å². The molecule has 1 aromatic rings. The maximum absolute atomic E-state index is 5.62. The fraction of sp³-hybridized carbons (Fsp3) is 0.600. The minimum atomic E-state index is 0.0417. The number of nitrogens with one attached hydrogen (secondary N) is 1. The lowest BCUT2D eigenvalue weighted by molar-refractivity contribution is 0.0643. The van der Waals surface area contributed by atoms with Crippen molar-refractivity contribution in [2.24, 2.45) is 0 Å². The molecule has 0 radical (unpaired) electrons. The first-order chi connectivity index (χ1) is 9.04. The molecule has 0 spiro atoms. The van der Waals surface area contributed by atoms with Crippen molar-refractivity contribution in [1.82, 2.24) is 5.32 Å². The molecule has 2 rings (SSSR count). The molecule has 0 atom stereocenters. The molecule has 3 nitrogen and oxygen atoms in total. The molecule has 1 aromatic carbocycles. The first-order valence-corrected chi connectivity index (χ1v) is 7.68. The molecule has 1 fully saturated rings. The summed E-state index contributed by atoms with van der Waals surface area (Å²) in [5, 5.41) is 3.42. The molecular formula is C15H23BrN2O. The van der Waals surface area contributed by atoms with E-state index in [0.29, 0.717) is 0 Å². The first kappa shape index (κ1) is 14.8. The van der Waals surface area contributed by atoms with Crippen LogP contribution in [0.2, 0.25) is 0 Å². The van der Waals surface area contributed by atoms with Crippen LogP contribution in [0.4, 0.5) is 5.69 Å². The second-order valence-corrected chi connectivity index (χ2v) is 6.49. The zero-order chi connectivity index (χ0) is 13.9. The maximum atomic E-state index is 5.62. The van der Waals surface area contributed by atoms with Crippen molar-refractivity contribution in [3.63, 3.8) is 0 Å². The largest absolute Gasteiger partial charge is 0.377 e. The summed E-state index contributed by atoms with van der Waals surface area (Å²) < 4.78 is 6.75. The third-order valence-electron chi connectivity index (χ3n) is 3.55. The molecule has 4 heteroatoms. The fourth-order valence-electron chi connectivity index (χ4n) is 2.50. The van der Waals surface area contributed by atoms with E-state index in [-0.39, 0.29) is 5.54 Å². The molecule has 0 bridgehead atoms. The van der Waals surface area contributed by atoms with Crippen LogP contribution in [0.5, 0.6) is 0 Å². The molecule has 1 heterocycles. The summed E-state index contributed by atoms with van der Waals surface area (Å²) in [6, 6.07) is 6.54. The quantitative estimate of drug-likeness (QED) is 0.919.